The molecule has 0 radical (unpaired) electrons. The third kappa shape index (κ3) is 5.32. The standard InChI is InChI=1S/C24H31N3O3/c1-17(2)22(26-23(28)20-11-7-8-12-21(20)30-3)24(29)25-18-13-15-27(16-14-18)19-9-5-4-6-10-19/h4-12,17-18,22H,13-16H2,1-3H3,(H,25,29)(H,26,28). The second-order valence-electron chi connectivity index (χ2n) is 8.00. The van der Waals surface area contributed by atoms with E-state index in [2.05, 4.69) is 27.7 Å². The predicted octanol–water partition coefficient (Wildman–Crippen LogP) is 3.23. The van der Waals surface area contributed by atoms with Crippen LogP contribution in [-0.4, -0.2) is 44.1 Å². The zero-order chi connectivity index (χ0) is 21.5. The summed E-state index contributed by atoms with van der Waals surface area (Å²) < 4.78 is 5.27. The van der Waals surface area contributed by atoms with Crippen molar-refractivity contribution in [2.24, 2.45) is 5.92 Å². The average molecular weight is 410 g/mol. The number of piperidine rings is 1. The van der Waals surface area contributed by atoms with Crippen LogP contribution in [0.4, 0.5) is 5.69 Å². The molecule has 30 heavy (non-hydrogen) atoms. The second kappa shape index (κ2) is 10.1. The number of nitrogens with zero attached hydrogens (tertiary/aromatic N) is 1. The van der Waals surface area contributed by atoms with Crippen LogP contribution >= 0.6 is 0 Å². The highest BCUT2D eigenvalue weighted by Crippen LogP contribution is 2.20. The number of carbonyl (C=O) groups excluding carboxylic acids is 2. The summed E-state index contributed by atoms with van der Waals surface area (Å²) in [5, 5.41) is 6.04. The zero-order valence-electron chi connectivity index (χ0n) is 17.9. The van der Waals surface area contributed by atoms with Crippen molar-refractivity contribution in [3.05, 3.63) is 60.2 Å². The molecule has 160 valence electrons. The van der Waals surface area contributed by atoms with E-state index in [1.54, 1.807) is 18.2 Å². The van der Waals surface area contributed by atoms with E-state index in [-0.39, 0.29) is 23.8 Å². The van der Waals surface area contributed by atoms with E-state index < -0.39 is 6.04 Å². The molecule has 2 amide bonds. The van der Waals surface area contributed by atoms with Gasteiger partial charge >= 0.3 is 0 Å². The fraction of sp³-hybridized carbons (Fsp3) is 0.417. The largest absolute Gasteiger partial charge is 0.496 e. The molecule has 0 aromatic heterocycles. The monoisotopic (exact) mass is 409 g/mol. The third-order valence-corrected chi connectivity index (χ3v) is 5.55. The Bertz CT molecular complexity index is 846. The minimum atomic E-state index is -0.602. The highest BCUT2D eigenvalue weighted by atomic mass is 16.5. The molecule has 2 aromatic rings. The highest BCUT2D eigenvalue weighted by molar-refractivity contribution is 5.99. The third-order valence-electron chi connectivity index (χ3n) is 5.55. The van der Waals surface area contributed by atoms with Crippen molar-refractivity contribution in [1.82, 2.24) is 10.6 Å². The number of nitrogens with one attached hydrogen (secondary N) is 2. The molecule has 2 aromatic carbocycles. The molecule has 1 aliphatic rings. The number of hydrogen-bond acceptors (Lipinski definition) is 4. The van der Waals surface area contributed by atoms with E-state index in [1.165, 1.54) is 12.8 Å². The molecule has 1 aliphatic heterocycles. The van der Waals surface area contributed by atoms with Gasteiger partial charge in [-0.2, -0.15) is 0 Å². The Kier molecular flexibility index (Phi) is 7.33. The molecule has 1 unspecified atom stereocenters. The summed E-state index contributed by atoms with van der Waals surface area (Å²) in [7, 11) is 1.53. The summed E-state index contributed by atoms with van der Waals surface area (Å²) in [6, 6.07) is 16.9. The molecule has 6 nitrogen and oxygen atoms in total. The average Bonchev–Trinajstić information content (AvgIpc) is 2.78. The Hall–Kier alpha value is -3.02. The lowest BCUT2D eigenvalue weighted by molar-refractivity contribution is -0.124. The number of ether oxygens (including phenoxy) is 1. The lowest BCUT2D eigenvalue weighted by atomic mass is 9.99. The maximum absolute atomic E-state index is 13.0. The van der Waals surface area contributed by atoms with Gasteiger partial charge in [0.15, 0.2) is 0 Å². The molecule has 1 saturated heterocycles. The molecule has 1 fully saturated rings. The van der Waals surface area contributed by atoms with Crippen molar-refractivity contribution in [1.29, 1.82) is 0 Å². The Labute approximate surface area is 178 Å². The normalized spacial score (nSPS) is 15.5. The van der Waals surface area contributed by atoms with E-state index >= 15 is 0 Å². The summed E-state index contributed by atoms with van der Waals surface area (Å²) in [4.78, 5) is 28.1. The molecule has 0 spiro atoms. The van der Waals surface area contributed by atoms with E-state index in [0.717, 1.165) is 25.9 Å². The summed E-state index contributed by atoms with van der Waals surface area (Å²) in [5.41, 5.74) is 1.64. The van der Waals surface area contributed by atoms with Crippen LogP contribution in [0.5, 0.6) is 5.75 Å². The molecular weight excluding hydrogens is 378 g/mol. The van der Waals surface area contributed by atoms with Crippen molar-refractivity contribution in [2.75, 3.05) is 25.1 Å². The number of para-hydroxylation sites is 2. The van der Waals surface area contributed by atoms with Crippen molar-refractivity contribution >= 4 is 17.5 Å². The first-order valence-corrected chi connectivity index (χ1v) is 10.5. The smallest absolute Gasteiger partial charge is 0.255 e. The first-order chi connectivity index (χ1) is 14.5. The van der Waals surface area contributed by atoms with Gasteiger partial charge in [-0.25, -0.2) is 0 Å². The molecular formula is C24H31N3O3. The van der Waals surface area contributed by atoms with Gasteiger partial charge in [0.1, 0.15) is 11.8 Å². The summed E-state index contributed by atoms with van der Waals surface area (Å²) in [6.45, 7) is 5.67. The van der Waals surface area contributed by atoms with Crippen LogP contribution in [0.25, 0.3) is 0 Å². The summed E-state index contributed by atoms with van der Waals surface area (Å²) in [6.07, 6.45) is 1.76. The first kappa shape index (κ1) is 21.7. The Morgan fingerprint density at radius 2 is 1.63 bits per heavy atom. The number of amides is 2. The van der Waals surface area contributed by atoms with Crippen molar-refractivity contribution in [3.8, 4) is 5.75 Å². The Morgan fingerprint density at radius 1 is 1.00 bits per heavy atom. The maximum atomic E-state index is 13.0. The first-order valence-electron chi connectivity index (χ1n) is 10.5. The number of carbonyl (C=O) groups is 2. The van der Waals surface area contributed by atoms with Gasteiger partial charge in [-0.05, 0) is 43.0 Å². The Morgan fingerprint density at radius 3 is 2.27 bits per heavy atom. The lowest BCUT2D eigenvalue weighted by Crippen LogP contribution is -2.54. The van der Waals surface area contributed by atoms with Crippen molar-refractivity contribution in [2.45, 2.75) is 38.8 Å². The number of methoxy groups -OCH3 is 1. The fourth-order valence-corrected chi connectivity index (χ4v) is 3.80. The summed E-state index contributed by atoms with van der Waals surface area (Å²) in [5.74, 6) is 0.0193. The molecule has 6 heteroatoms. The minimum absolute atomic E-state index is 0.0342. The quantitative estimate of drug-likeness (QED) is 0.737. The molecule has 0 saturated carbocycles. The number of anilines is 1. The van der Waals surface area contributed by atoms with Crippen molar-refractivity contribution in [3.63, 3.8) is 0 Å². The van der Waals surface area contributed by atoms with Gasteiger partial charge in [0, 0.05) is 24.8 Å². The van der Waals surface area contributed by atoms with Crippen LogP contribution in [0.1, 0.15) is 37.0 Å². The molecule has 3 rings (SSSR count). The lowest BCUT2D eigenvalue weighted by Gasteiger charge is -2.35. The van der Waals surface area contributed by atoms with Crippen LogP contribution < -0.4 is 20.3 Å². The minimum Gasteiger partial charge on any atom is -0.496 e. The van der Waals surface area contributed by atoms with E-state index in [0.29, 0.717) is 11.3 Å². The predicted molar refractivity (Wildman–Crippen MR) is 119 cm³/mol. The van der Waals surface area contributed by atoms with Gasteiger partial charge in [0.05, 0.1) is 12.7 Å². The van der Waals surface area contributed by atoms with Crippen LogP contribution in [0.3, 0.4) is 0 Å². The maximum Gasteiger partial charge on any atom is 0.255 e. The van der Waals surface area contributed by atoms with Crippen LogP contribution in [0.15, 0.2) is 54.6 Å². The summed E-state index contributed by atoms with van der Waals surface area (Å²) >= 11 is 0. The van der Waals surface area contributed by atoms with Gasteiger partial charge < -0.3 is 20.3 Å². The van der Waals surface area contributed by atoms with Gasteiger partial charge in [-0.1, -0.05) is 44.2 Å². The second-order valence-corrected chi connectivity index (χ2v) is 8.00. The van der Waals surface area contributed by atoms with Gasteiger partial charge in [-0.3, -0.25) is 9.59 Å². The molecule has 2 N–H and O–H groups in total. The topological polar surface area (TPSA) is 70.7 Å². The molecule has 0 aliphatic carbocycles. The Balaban J connectivity index is 1.58. The van der Waals surface area contributed by atoms with Gasteiger partial charge in [-0.15, -0.1) is 0 Å². The highest BCUT2D eigenvalue weighted by Gasteiger charge is 2.28. The van der Waals surface area contributed by atoms with Crippen molar-refractivity contribution < 1.29 is 14.3 Å². The number of rotatable bonds is 7. The van der Waals surface area contributed by atoms with E-state index in [1.807, 2.05) is 38.1 Å². The fourth-order valence-electron chi connectivity index (χ4n) is 3.80. The number of hydrogen-bond donors (Lipinski definition) is 2. The SMILES string of the molecule is COc1ccccc1C(=O)NC(C(=O)NC1CCN(c2ccccc2)CC1)C(C)C. The molecule has 1 heterocycles. The van der Waals surface area contributed by atoms with Gasteiger partial charge in [0.2, 0.25) is 5.91 Å². The van der Waals surface area contributed by atoms with Crippen LogP contribution in [0, 0.1) is 5.92 Å². The van der Waals surface area contributed by atoms with E-state index in [9.17, 15) is 9.59 Å². The molecule has 0 bridgehead atoms. The van der Waals surface area contributed by atoms with E-state index in [4.69, 9.17) is 4.74 Å². The van der Waals surface area contributed by atoms with Crippen LogP contribution in [0.2, 0.25) is 0 Å². The van der Waals surface area contributed by atoms with Gasteiger partial charge in [0.25, 0.3) is 5.91 Å². The zero-order valence-corrected chi connectivity index (χ0v) is 17.9. The molecule has 1 atom stereocenters. The van der Waals surface area contributed by atoms with Crippen LogP contribution in [-0.2, 0) is 4.79 Å². The number of benzene rings is 2.